The second kappa shape index (κ2) is 9.46. The number of nitrogens with zero attached hydrogens (tertiary/aromatic N) is 1. The van der Waals surface area contributed by atoms with Gasteiger partial charge in [0.2, 0.25) is 15.9 Å². The number of aryl methyl sites for hydroxylation is 1. The molecule has 31 heavy (non-hydrogen) atoms. The fourth-order valence-corrected chi connectivity index (χ4v) is 5.48. The predicted molar refractivity (Wildman–Crippen MR) is 127 cm³/mol. The van der Waals surface area contributed by atoms with Crippen molar-refractivity contribution in [2.24, 2.45) is 5.92 Å². The van der Waals surface area contributed by atoms with Crippen LogP contribution in [-0.2, 0) is 14.8 Å². The van der Waals surface area contributed by atoms with Crippen molar-refractivity contribution in [3.63, 3.8) is 0 Å². The number of amides is 1. The van der Waals surface area contributed by atoms with Crippen LogP contribution in [0.15, 0.2) is 47.4 Å². The molecule has 0 bridgehead atoms. The van der Waals surface area contributed by atoms with Crippen LogP contribution in [0.5, 0.6) is 0 Å². The highest BCUT2D eigenvalue weighted by Gasteiger charge is 2.27. The summed E-state index contributed by atoms with van der Waals surface area (Å²) in [7, 11) is -3.87. The van der Waals surface area contributed by atoms with Gasteiger partial charge in [-0.2, -0.15) is 4.72 Å². The zero-order valence-corrected chi connectivity index (χ0v) is 20.1. The van der Waals surface area contributed by atoms with Crippen molar-refractivity contribution in [2.75, 3.05) is 5.32 Å². The average molecular weight is 460 g/mol. The van der Waals surface area contributed by atoms with E-state index in [4.69, 9.17) is 0 Å². The Hall–Kier alpha value is -2.29. The first kappa shape index (κ1) is 23.4. The van der Waals surface area contributed by atoms with E-state index in [-0.39, 0.29) is 16.7 Å². The second-order valence-corrected chi connectivity index (χ2v) is 11.4. The van der Waals surface area contributed by atoms with E-state index in [1.807, 2.05) is 45.0 Å². The van der Waals surface area contributed by atoms with Crippen LogP contribution in [0.3, 0.4) is 0 Å². The standard InChI is InChI=1S/C23H29N3O3S2/c1-14(2)12-21(23(27)25-18-8-6-17(7-9-18)15(3)4)26-31(28,29)19-10-11-20-22(13-19)30-16(5)24-20/h6-11,13-15,21,26H,12H2,1-5H3,(H,25,27)/t21-/m0/s1. The van der Waals surface area contributed by atoms with Crippen molar-refractivity contribution >= 4 is 43.2 Å². The molecular weight excluding hydrogens is 430 g/mol. The van der Waals surface area contributed by atoms with Gasteiger partial charge in [-0.15, -0.1) is 11.3 Å². The Kier molecular flexibility index (Phi) is 7.13. The third-order valence-corrected chi connectivity index (χ3v) is 7.35. The molecule has 0 saturated heterocycles. The summed E-state index contributed by atoms with van der Waals surface area (Å²) in [4.78, 5) is 17.4. The first-order valence-electron chi connectivity index (χ1n) is 10.4. The molecular formula is C23H29N3O3S2. The Morgan fingerprint density at radius 2 is 1.74 bits per heavy atom. The molecule has 1 atom stereocenters. The average Bonchev–Trinajstić information content (AvgIpc) is 3.06. The molecule has 1 heterocycles. The van der Waals surface area contributed by atoms with E-state index in [1.54, 1.807) is 12.1 Å². The molecule has 166 valence electrons. The Bertz CT molecular complexity index is 1170. The Labute approximate surface area is 188 Å². The van der Waals surface area contributed by atoms with Gasteiger partial charge in [-0.1, -0.05) is 39.8 Å². The highest BCUT2D eigenvalue weighted by Crippen LogP contribution is 2.25. The van der Waals surface area contributed by atoms with E-state index in [1.165, 1.54) is 23.0 Å². The maximum atomic E-state index is 13.0. The van der Waals surface area contributed by atoms with Crippen molar-refractivity contribution in [1.82, 2.24) is 9.71 Å². The van der Waals surface area contributed by atoms with Crippen LogP contribution in [0.25, 0.3) is 10.2 Å². The molecule has 2 aromatic carbocycles. The minimum Gasteiger partial charge on any atom is -0.325 e. The van der Waals surface area contributed by atoms with Crippen LogP contribution in [0.1, 0.15) is 50.6 Å². The van der Waals surface area contributed by atoms with Crippen molar-refractivity contribution < 1.29 is 13.2 Å². The second-order valence-electron chi connectivity index (χ2n) is 8.43. The number of rotatable bonds is 8. The third-order valence-electron chi connectivity index (χ3n) is 4.94. The summed E-state index contributed by atoms with van der Waals surface area (Å²) >= 11 is 1.44. The molecule has 1 amide bonds. The van der Waals surface area contributed by atoms with Gasteiger partial charge in [0.05, 0.1) is 20.1 Å². The van der Waals surface area contributed by atoms with E-state index in [9.17, 15) is 13.2 Å². The van der Waals surface area contributed by atoms with E-state index in [2.05, 4.69) is 28.9 Å². The fraction of sp³-hybridized carbons (Fsp3) is 0.391. The van der Waals surface area contributed by atoms with Crippen molar-refractivity contribution in [3.8, 4) is 0 Å². The minimum absolute atomic E-state index is 0.131. The number of aromatic nitrogens is 1. The largest absolute Gasteiger partial charge is 0.325 e. The summed E-state index contributed by atoms with van der Waals surface area (Å²) in [6.07, 6.45) is 0.386. The zero-order valence-electron chi connectivity index (χ0n) is 18.5. The van der Waals surface area contributed by atoms with Crippen LogP contribution >= 0.6 is 11.3 Å². The predicted octanol–water partition coefficient (Wildman–Crippen LogP) is 5.06. The highest BCUT2D eigenvalue weighted by atomic mass is 32.2. The first-order chi connectivity index (χ1) is 14.5. The minimum atomic E-state index is -3.87. The van der Waals surface area contributed by atoms with Gasteiger partial charge in [-0.05, 0) is 61.1 Å². The first-order valence-corrected chi connectivity index (χ1v) is 12.7. The molecule has 3 rings (SSSR count). The van der Waals surface area contributed by atoms with E-state index < -0.39 is 16.1 Å². The smallest absolute Gasteiger partial charge is 0.242 e. The molecule has 1 aromatic heterocycles. The molecule has 0 radical (unpaired) electrons. The van der Waals surface area contributed by atoms with E-state index in [0.717, 1.165) is 15.2 Å². The molecule has 0 saturated carbocycles. The number of sulfonamides is 1. The maximum Gasteiger partial charge on any atom is 0.242 e. The Morgan fingerprint density at radius 3 is 2.35 bits per heavy atom. The van der Waals surface area contributed by atoms with Gasteiger partial charge >= 0.3 is 0 Å². The number of hydrogen-bond acceptors (Lipinski definition) is 5. The summed E-state index contributed by atoms with van der Waals surface area (Å²) in [5.74, 6) is 0.155. The number of carbonyl (C=O) groups excluding carboxylic acids is 1. The molecule has 0 unspecified atom stereocenters. The zero-order chi connectivity index (χ0) is 22.8. The van der Waals surface area contributed by atoms with E-state index >= 15 is 0 Å². The quantitative estimate of drug-likeness (QED) is 0.493. The van der Waals surface area contributed by atoms with Gasteiger partial charge in [-0.25, -0.2) is 13.4 Å². The van der Waals surface area contributed by atoms with Gasteiger partial charge < -0.3 is 5.32 Å². The molecule has 6 nitrogen and oxygen atoms in total. The van der Waals surface area contributed by atoms with Crippen LogP contribution in [0.2, 0.25) is 0 Å². The van der Waals surface area contributed by atoms with Gasteiger partial charge in [0, 0.05) is 5.69 Å². The van der Waals surface area contributed by atoms with Crippen molar-refractivity contribution in [3.05, 3.63) is 53.0 Å². The number of fused-ring (bicyclic) bond motifs is 1. The Balaban J connectivity index is 1.80. The lowest BCUT2D eigenvalue weighted by atomic mass is 10.0. The molecule has 2 N–H and O–H groups in total. The van der Waals surface area contributed by atoms with Crippen LogP contribution < -0.4 is 10.0 Å². The molecule has 0 aliphatic carbocycles. The summed E-state index contributed by atoms with van der Waals surface area (Å²) in [5, 5.41) is 3.72. The number of thiazole rings is 1. The monoisotopic (exact) mass is 459 g/mol. The number of hydrogen-bond donors (Lipinski definition) is 2. The topological polar surface area (TPSA) is 88.2 Å². The summed E-state index contributed by atoms with van der Waals surface area (Å²) in [6.45, 7) is 10.0. The van der Waals surface area contributed by atoms with Crippen LogP contribution in [0, 0.1) is 12.8 Å². The van der Waals surface area contributed by atoms with Gasteiger partial charge in [0.15, 0.2) is 0 Å². The van der Waals surface area contributed by atoms with E-state index in [0.29, 0.717) is 18.0 Å². The molecule has 0 aliphatic rings. The number of anilines is 1. The molecule has 0 spiro atoms. The number of benzene rings is 2. The highest BCUT2D eigenvalue weighted by molar-refractivity contribution is 7.89. The number of nitrogens with one attached hydrogen (secondary N) is 2. The molecule has 3 aromatic rings. The van der Waals surface area contributed by atoms with Gasteiger partial charge in [0.1, 0.15) is 6.04 Å². The van der Waals surface area contributed by atoms with Gasteiger partial charge in [0.25, 0.3) is 0 Å². The third kappa shape index (κ3) is 5.90. The summed E-state index contributed by atoms with van der Waals surface area (Å²) in [5.41, 5.74) is 2.58. The van der Waals surface area contributed by atoms with Crippen LogP contribution in [-0.4, -0.2) is 25.4 Å². The number of carbonyl (C=O) groups is 1. The lowest BCUT2D eigenvalue weighted by molar-refractivity contribution is -0.118. The molecule has 0 aliphatic heterocycles. The molecule has 0 fully saturated rings. The lowest BCUT2D eigenvalue weighted by Crippen LogP contribution is -2.44. The van der Waals surface area contributed by atoms with Gasteiger partial charge in [-0.3, -0.25) is 4.79 Å². The molecule has 8 heteroatoms. The summed E-state index contributed by atoms with van der Waals surface area (Å²) < 4.78 is 29.5. The normalized spacial score (nSPS) is 13.1. The SMILES string of the molecule is Cc1nc2ccc(S(=O)(=O)N[C@@H](CC(C)C)C(=O)Nc3ccc(C(C)C)cc3)cc2s1. The Morgan fingerprint density at radius 1 is 1.06 bits per heavy atom. The summed E-state index contributed by atoms with van der Waals surface area (Å²) in [6, 6.07) is 11.6. The van der Waals surface area contributed by atoms with Crippen LogP contribution in [0.4, 0.5) is 5.69 Å². The maximum absolute atomic E-state index is 13.0. The van der Waals surface area contributed by atoms with Crippen molar-refractivity contribution in [1.29, 1.82) is 0 Å². The lowest BCUT2D eigenvalue weighted by Gasteiger charge is -2.20. The van der Waals surface area contributed by atoms with Crippen molar-refractivity contribution in [2.45, 2.75) is 57.9 Å². The fourth-order valence-electron chi connectivity index (χ4n) is 3.30.